The summed E-state index contributed by atoms with van der Waals surface area (Å²) in [5, 5.41) is 9.86. The van der Waals surface area contributed by atoms with Gasteiger partial charge in [0.15, 0.2) is 0 Å². The normalized spacial score (nSPS) is 37.7. The molecule has 1 heterocycles. The van der Waals surface area contributed by atoms with Crippen molar-refractivity contribution in [3.8, 4) is 11.5 Å². The highest BCUT2D eigenvalue weighted by Crippen LogP contribution is 2.64. The summed E-state index contributed by atoms with van der Waals surface area (Å²) in [4.78, 5) is 0. The highest BCUT2D eigenvalue weighted by atomic mass is 16.5. The molecule has 0 bridgehead atoms. The Morgan fingerprint density at radius 1 is 1.17 bits per heavy atom. The molecule has 1 aromatic carbocycles. The highest BCUT2D eigenvalue weighted by Gasteiger charge is 2.63. The Balaban J connectivity index is 1.84. The molecular formula is C21H28O2. The van der Waals surface area contributed by atoms with Crippen molar-refractivity contribution in [3.63, 3.8) is 0 Å². The van der Waals surface area contributed by atoms with Crippen LogP contribution in [0.25, 0.3) is 0 Å². The predicted molar refractivity (Wildman–Crippen MR) is 92.8 cm³/mol. The standard InChI is InChI=1S/C21H28O2/c1-14-6-9-18-19(2,3)10-5-11-20(18,4)21(14)13-15-12-16(22)7-8-17(15)23-21/h6-8,12,18,22H,5,9-11,13H2,1-4H3/t18-,20-,21+/m1/s1. The maximum Gasteiger partial charge on any atom is 0.139 e. The lowest BCUT2D eigenvalue weighted by atomic mass is 9.46. The summed E-state index contributed by atoms with van der Waals surface area (Å²) in [6.07, 6.45) is 8.30. The lowest BCUT2D eigenvalue weighted by molar-refractivity contribution is -0.118. The van der Waals surface area contributed by atoms with Gasteiger partial charge in [0.05, 0.1) is 0 Å². The topological polar surface area (TPSA) is 29.5 Å². The van der Waals surface area contributed by atoms with E-state index >= 15 is 0 Å². The van der Waals surface area contributed by atoms with Crippen molar-refractivity contribution in [1.82, 2.24) is 0 Å². The van der Waals surface area contributed by atoms with E-state index in [1.807, 2.05) is 12.1 Å². The Morgan fingerprint density at radius 2 is 1.96 bits per heavy atom. The Hall–Kier alpha value is -1.44. The Labute approximate surface area is 139 Å². The van der Waals surface area contributed by atoms with E-state index in [9.17, 15) is 5.11 Å². The Morgan fingerprint density at radius 3 is 2.74 bits per heavy atom. The van der Waals surface area contributed by atoms with E-state index in [1.54, 1.807) is 6.07 Å². The minimum Gasteiger partial charge on any atom is -0.508 e. The van der Waals surface area contributed by atoms with Gasteiger partial charge in [0.25, 0.3) is 0 Å². The fourth-order valence-corrected chi connectivity index (χ4v) is 5.93. The molecule has 124 valence electrons. The summed E-state index contributed by atoms with van der Waals surface area (Å²) in [7, 11) is 0. The monoisotopic (exact) mass is 312 g/mol. The van der Waals surface area contributed by atoms with Crippen LogP contribution in [0.2, 0.25) is 0 Å². The Bertz CT molecular complexity index is 687. The molecular weight excluding hydrogens is 284 g/mol. The first-order valence-electron chi connectivity index (χ1n) is 8.97. The number of hydrogen-bond acceptors (Lipinski definition) is 2. The number of rotatable bonds is 0. The first kappa shape index (κ1) is 15.1. The van der Waals surface area contributed by atoms with Crippen molar-refractivity contribution in [2.45, 2.75) is 65.4 Å². The van der Waals surface area contributed by atoms with Gasteiger partial charge in [-0.2, -0.15) is 0 Å². The van der Waals surface area contributed by atoms with Crippen LogP contribution in [-0.2, 0) is 6.42 Å². The van der Waals surface area contributed by atoms with Crippen LogP contribution in [0.1, 0.15) is 58.9 Å². The number of phenolic OH excluding ortho intramolecular Hbond substituents is 1. The second-order valence-electron chi connectivity index (χ2n) is 8.83. The van der Waals surface area contributed by atoms with Crippen molar-refractivity contribution in [2.24, 2.45) is 16.7 Å². The molecule has 0 radical (unpaired) electrons. The van der Waals surface area contributed by atoms with E-state index in [2.05, 4.69) is 33.8 Å². The van der Waals surface area contributed by atoms with Crippen molar-refractivity contribution in [1.29, 1.82) is 0 Å². The average Bonchev–Trinajstić information content (AvgIpc) is 2.84. The smallest absolute Gasteiger partial charge is 0.139 e. The van der Waals surface area contributed by atoms with E-state index in [0.29, 0.717) is 17.1 Å². The number of allylic oxidation sites excluding steroid dienone is 1. The molecule has 1 N–H and O–H groups in total. The lowest BCUT2D eigenvalue weighted by Gasteiger charge is -2.60. The van der Waals surface area contributed by atoms with Crippen LogP contribution in [0.15, 0.2) is 29.8 Å². The van der Waals surface area contributed by atoms with Crippen molar-refractivity contribution >= 4 is 0 Å². The van der Waals surface area contributed by atoms with Crippen LogP contribution in [0.3, 0.4) is 0 Å². The highest BCUT2D eigenvalue weighted by molar-refractivity contribution is 5.48. The van der Waals surface area contributed by atoms with Gasteiger partial charge in [0.1, 0.15) is 17.1 Å². The molecule has 1 aliphatic heterocycles. The quantitative estimate of drug-likeness (QED) is 0.663. The molecule has 23 heavy (non-hydrogen) atoms. The third-order valence-corrected chi connectivity index (χ3v) is 7.22. The lowest BCUT2D eigenvalue weighted by Crippen LogP contribution is -2.61. The SMILES string of the molecule is CC1=CC[C@@H]2C(C)(C)CCC[C@@]2(C)[C@]12Cc1cc(O)ccc1O2. The van der Waals surface area contributed by atoms with Gasteiger partial charge in [-0.25, -0.2) is 0 Å². The fourth-order valence-electron chi connectivity index (χ4n) is 5.93. The molecule has 1 spiro atoms. The molecule has 3 aliphatic rings. The van der Waals surface area contributed by atoms with Crippen LogP contribution < -0.4 is 4.74 Å². The molecule has 0 unspecified atom stereocenters. The number of aromatic hydroxyl groups is 1. The summed E-state index contributed by atoms with van der Waals surface area (Å²) >= 11 is 0. The molecule has 1 saturated carbocycles. The average molecular weight is 312 g/mol. The van der Waals surface area contributed by atoms with Gasteiger partial charge in [-0.1, -0.05) is 33.3 Å². The van der Waals surface area contributed by atoms with Gasteiger partial charge in [-0.15, -0.1) is 0 Å². The minimum atomic E-state index is -0.232. The van der Waals surface area contributed by atoms with Crippen LogP contribution in [0.5, 0.6) is 11.5 Å². The molecule has 3 atom stereocenters. The summed E-state index contributed by atoms with van der Waals surface area (Å²) in [5.74, 6) is 1.95. The molecule has 0 amide bonds. The molecule has 2 nitrogen and oxygen atoms in total. The predicted octanol–water partition coefficient (Wildman–Crippen LogP) is 5.25. The van der Waals surface area contributed by atoms with Gasteiger partial charge < -0.3 is 9.84 Å². The van der Waals surface area contributed by atoms with E-state index < -0.39 is 0 Å². The van der Waals surface area contributed by atoms with Crippen molar-refractivity contribution < 1.29 is 9.84 Å². The van der Waals surface area contributed by atoms with E-state index in [0.717, 1.165) is 17.7 Å². The second kappa shape index (κ2) is 4.55. The van der Waals surface area contributed by atoms with Crippen molar-refractivity contribution in [3.05, 3.63) is 35.4 Å². The van der Waals surface area contributed by atoms with Gasteiger partial charge in [-0.3, -0.25) is 0 Å². The molecule has 0 saturated heterocycles. The fraction of sp³-hybridized carbons (Fsp3) is 0.619. The summed E-state index contributed by atoms with van der Waals surface area (Å²) in [6.45, 7) is 9.58. The number of phenols is 1. The maximum absolute atomic E-state index is 9.86. The molecule has 0 aromatic heterocycles. The Kier molecular flexibility index (Phi) is 2.99. The number of fused-ring (bicyclic) bond motifs is 3. The van der Waals surface area contributed by atoms with Crippen LogP contribution in [-0.4, -0.2) is 10.7 Å². The third kappa shape index (κ3) is 1.87. The zero-order valence-electron chi connectivity index (χ0n) is 14.8. The molecule has 2 heteroatoms. The molecule has 2 aliphatic carbocycles. The van der Waals surface area contributed by atoms with E-state index in [-0.39, 0.29) is 11.0 Å². The maximum atomic E-state index is 9.86. The summed E-state index contributed by atoms with van der Waals surface area (Å²) < 4.78 is 6.69. The molecule has 1 fully saturated rings. The molecule has 1 aromatic rings. The molecule has 4 rings (SSSR count). The van der Waals surface area contributed by atoms with Gasteiger partial charge in [-0.05, 0) is 61.3 Å². The first-order valence-corrected chi connectivity index (χ1v) is 8.97. The summed E-state index contributed by atoms with van der Waals surface area (Å²) in [5.41, 5.74) is 2.82. The largest absolute Gasteiger partial charge is 0.508 e. The number of ether oxygens (including phenoxy) is 1. The minimum absolute atomic E-state index is 0.155. The zero-order chi connectivity index (χ0) is 16.5. The van der Waals surface area contributed by atoms with Gasteiger partial charge >= 0.3 is 0 Å². The van der Waals surface area contributed by atoms with Crippen LogP contribution in [0, 0.1) is 16.7 Å². The van der Waals surface area contributed by atoms with Gasteiger partial charge in [0, 0.05) is 17.4 Å². The van der Waals surface area contributed by atoms with Crippen LogP contribution >= 0.6 is 0 Å². The number of benzene rings is 1. The van der Waals surface area contributed by atoms with E-state index in [4.69, 9.17) is 4.74 Å². The first-order chi connectivity index (χ1) is 10.8. The van der Waals surface area contributed by atoms with Gasteiger partial charge in [0.2, 0.25) is 0 Å². The third-order valence-electron chi connectivity index (χ3n) is 7.22. The zero-order valence-corrected chi connectivity index (χ0v) is 14.8. The second-order valence-corrected chi connectivity index (χ2v) is 8.83. The van der Waals surface area contributed by atoms with Crippen LogP contribution in [0.4, 0.5) is 0 Å². The summed E-state index contributed by atoms with van der Waals surface area (Å²) in [6, 6.07) is 5.57. The van der Waals surface area contributed by atoms with Crippen molar-refractivity contribution in [2.75, 3.05) is 0 Å². The number of hydrogen-bond donors (Lipinski definition) is 1. The van der Waals surface area contributed by atoms with E-state index in [1.165, 1.54) is 31.3 Å².